The smallest absolute Gasteiger partial charge is 0.387 e. The van der Waals surface area contributed by atoms with E-state index in [1.54, 1.807) is 6.08 Å². The van der Waals surface area contributed by atoms with E-state index in [1.165, 1.54) is 32.1 Å². The van der Waals surface area contributed by atoms with Gasteiger partial charge in [-0.15, -0.1) is 0 Å². The molecule has 0 aromatic rings. The molecular formula is C45H78N2O6P+. The van der Waals surface area contributed by atoms with Gasteiger partial charge in [-0.2, -0.15) is 0 Å². The van der Waals surface area contributed by atoms with Crippen LogP contribution in [0.1, 0.15) is 129 Å². The van der Waals surface area contributed by atoms with Crippen molar-refractivity contribution in [3.05, 3.63) is 97.2 Å². The molecule has 9 heteroatoms. The molecular weight excluding hydrogens is 695 g/mol. The fourth-order valence-electron chi connectivity index (χ4n) is 5.03. The molecule has 3 N–H and O–H groups in total. The Morgan fingerprint density at radius 3 is 1.61 bits per heavy atom. The van der Waals surface area contributed by atoms with Gasteiger partial charge in [0, 0.05) is 6.42 Å². The minimum absolute atomic E-state index is 0.0445. The Morgan fingerprint density at radius 1 is 0.648 bits per heavy atom. The lowest BCUT2D eigenvalue weighted by atomic mass is 10.1. The fourth-order valence-corrected chi connectivity index (χ4v) is 5.76. The van der Waals surface area contributed by atoms with Crippen molar-refractivity contribution in [1.29, 1.82) is 0 Å². The van der Waals surface area contributed by atoms with Gasteiger partial charge in [-0.25, -0.2) is 4.57 Å². The summed E-state index contributed by atoms with van der Waals surface area (Å²) in [5, 5.41) is 13.7. The van der Waals surface area contributed by atoms with Gasteiger partial charge in [0.15, 0.2) is 0 Å². The summed E-state index contributed by atoms with van der Waals surface area (Å²) >= 11 is 0. The van der Waals surface area contributed by atoms with E-state index in [2.05, 4.69) is 104 Å². The van der Waals surface area contributed by atoms with Crippen LogP contribution in [0.4, 0.5) is 0 Å². The standard InChI is InChI=1S/C45H77N2O6P/c1-6-8-10-12-14-16-17-18-19-20-21-22-23-24-25-26-27-28-29-31-33-35-37-39-45(49)46-43(42-53-54(50,51)52-41-40-47(3,4)5)44(48)38-36-34-32-30-15-13-11-9-7-2/h8,10,14,16,18-19,21-22,24-25,27-28,31,33,36,38,43-44,48H,6-7,9,11-13,15,17,20,23,26,29-30,32,34-35,37,39-42H2,1-5H3,(H-,46,49,50,51)/p+1/b10-8-,16-14-,19-18-,22-21-,25-24-,28-27-,33-31-,38-36+. The van der Waals surface area contributed by atoms with Crippen LogP contribution in [0.25, 0.3) is 0 Å². The van der Waals surface area contributed by atoms with Crippen LogP contribution in [0.2, 0.25) is 0 Å². The lowest BCUT2D eigenvalue weighted by Gasteiger charge is -2.25. The maximum Gasteiger partial charge on any atom is 0.472 e. The number of nitrogens with zero attached hydrogens (tertiary/aromatic N) is 1. The first-order chi connectivity index (χ1) is 26.0. The van der Waals surface area contributed by atoms with E-state index in [0.717, 1.165) is 70.6 Å². The van der Waals surface area contributed by atoms with Crippen LogP contribution in [-0.4, -0.2) is 73.4 Å². The van der Waals surface area contributed by atoms with Gasteiger partial charge in [-0.1, -0.05) is 150 Å². The van der Waals surface area contributed by atoms with E-state index in [1.807, 2.05) is 27.2 Å². The van der Waals surface area contributed by atoms with Crippen molar-refractivity contribution in [2.75, 3.05) is 40.9 Å². The van der Waals surface area contributed by atoms with Crippen LogP contribution in [0.15, 0.2) is 97.2 Å². The number of hydrogen-bond acceptors (Lipinski definition) is 5. The summed E-state index contributed by atoms with van der Waals surface area (Å²) < 4.78 is 23.4. The predicted molar refractivity (Wildman–Crippen MR) is 230 cm³/mol. The number of likely N-dealkylation sites (N-methyl/N-ethyl adjacent to an activating group) is 1. The zero-order chi connectivity index (χ0) is 40.0. The number of phosphoric acid groups is 1. The molecule has 0 aliphatic carbocycles. The molecule has 0 rings (SSSR count). The number of rotatable bonds is 35. The van der Waals surface area contributed by atoms with Gasteiger partial charge in [0.2, 0.25) is 5.91 Å². The molecule has 3 unspecified atom stereocenters. The Labute approximate surface area is 330 Å². The fraction of sp³-hybridized carbons (Fsp3) is 0.622. The minimum Gasteiger partial charge on any atom is -0.387 e. The van der Waals surface area contributed by atoms with Gasteiger partial charge >= 0.3 is 7.82 Å². The van der Waals surface area contributed by atoms with Gasteiger partial charge in [0.1, 0.15) is 13.2 Å². The Kier molecular flexibility index (Phi) is 34.4. The summed E-state index contributed by atoms with van der Waals surface area (Å²) in [7, 11) is 1.51. The summed E-state index contributed by atoms with van der Waals surface area (Å²) in [6.07, 6.45) is 50.6. The first kappa shape index (κ1) is 51.4. The molecule has 0 aromatic heterocycles. The Morgan fingerprint density at radius 2 is 1.11 bits per heavy atom. The third kappa shape index (κ3) is 37.7. The molecule has 0 aromatic carbocycles. The van der Waals surface area contributed by atoms with Crippen molar-refractivity contribution in [3.8, 4) is 0 Å². The van der Waals surface area contributed by atoms with Crippen molar-refractivity contribution in [3.63, 3.8) is 0 Å². The molecule has 0 aliphatic heterocycles. The Hall–Kier alpha value is -2.58. The van der Waals surface area contributed by atoms with Gasteiger partial charge in [-0.3, -0.25) is 13.8 Å². The summed E-state index contributed by atoms with van der Waals surface area (Å²) in [6, 6.07) is -0.881. The minimum atomic E-state index is -4.35. The number of unbranched alkanes of at least 4 members (excludes halogenated alkanes) is 8. The zero-order valence-corrected chi connectivity index (χ0v) is 35.6. The lowest BCUT2D eigenvalue weighted by Crippen LogP contribution is -2.45. The first-order valence-electron chi connectivity index (χ1n) is 20.6. The number of aliphatic hydroxyl groups is 1. The highest BCUT2D eigenvalue weighted by molar-refractivity contribution is 7.47. The molecule has 1 amide bonds. The molecule has 8 nitrogen and oxygen atoms in total. The largest absolute Gasteiger partial charge is 0.472 e. The van der Waals surface area contributed by atoms with Gasteiger partial charge in [0.25, 0.3) is 0 Å². The van der Waals surface area contributed by atoms with Gasteiger partial charge in [-0.05, 0) is 70.6 Å². The third-order valence-corrected chi connectivity index (χ3v) is 9.29. The molecule has 0 heterocycles. The van der Waals surface area contributed by atoms with Crippen LogP contribution >= 0.6 is 7.82 Å². The normalized spacial score (nSPS) is 15.5. The van der Waals surface area contributed by atoms with E-state index in [9.17, 15) is 19.4 Å². The summed E-state index contributed by atoms with van der Waals surface area (Å²) in [4.78, 5) is 23.0. The van der Waals surface area contributed by atoms with Crippen molar-refractivity contribution in [2.45, 2.75) is 142 Å². The van der Waals surface area contributed by atoms with Gasteiger partial charge in [0.05, 0.1) is 39.9 Å². The number of amides is 1. The highest BCUT2D eigenvalue weighted by Crippen LogP contribution is 2.43. The molecule has 54 heavy (non-hydrogen) atoms. The number of carbonyl (C=O) groups is 1. The van der Waals surface area contributed by atoms with Crippen molar-refractivity contribution in [2.24, 2.45) is 0 Å². The molecule has 0 radical (unpaired) electrons. The number of hydrogen-bond donors (Lipinski definition) is 3. The molecule has 3 atom stereocenters. The van der Waals surface area contributed by atoms with Crippen LogP contribution < -0.4 is 5.32 Å². The predicted octanol–water partition coefficient (Wildman–Crippen LogP) is 11.2. The second kappa shape index (κ2) is 36.1. The number of aliphatic hydroxyl groups excluding tert-OH is 1. The number of phosphoric ester groups is 1. The van der Waals surface area contributed by atoms with Crippen LogP contribution in [0, 0.1) is 0 Å². The second-order valence-corrected chi connectivity index (χ2v) is 16.1. The van der Waals surface area contributed by atoms with E-state index in [4.69, 9.17) is 9.05 Å². The van der Waals surface area contributed by atoms with E-state index >= 15 is 0 Å². The van der Waals surface area contributed by atoms with E-state index < -0.39 is 20.0 Å². The van der Waals surface area contributed by atoms with Crippen LogP contribution in [0.5, 0.6) is 0 Å². The second-order valence-electron chi connectivity index (χ2n) is 14.6. The topological polar surface area (TPSA) is 105 Å². The number of quaternary nitrogens is 1. The highest BCUT2D eigenvalue weighted by Gasteiger charge is 2.27. The van der Waals surface area contributed by atoms with Crippen LogP contribution in [0.3, 0.4) is 0 Å². The Balaban J connectivity index is 4.51. The number of nitrogens with one attached hydrogen (secondary N) is 1. The Bertz CT molecular complexity index is 1190. The molecule has 0 saturated heterocycles. The van der Waals surface area contributed by atoms with E-state index in [-0.39, 0.29) is 25.5 Å². The van der Waals surface area contributed by atoms with E-state index in [0.29, 0.717) is 17.4 Å². The number of allylic oxidation sites excluding steroid dienone is 15. The average Bonchev–Trinajstić information content (AvgIpc) is 3.12. The van der Waals surface area contributed by atoms with Crippen molar-refractivity contribution < 1.29 is 32.9 Å². The molecule has 0 aliphatic rings. The molecule has 0 spiro atoms. The molecule has 0 fully saturated rings. The summed E-state index contributed by atoms with van der Waals surface area (Å²) in [5.41, 5.74) is 0. The zero-order valence-electron chi connectivity index (χ0n) is 34.7. The monoisotopic (exact) mass is 774 g/mol. The SMILES string of the molecule is CC/C=C\C/C=C\C/C=C\C/C=C\C/C=C\C/C=C\C/C=C\CCCC(=O)NC(COP(=O)(O)OCC[N+](C)(C)C)C(O)/C=C/CCCCCCCCC. The first-order valence-corrected chi connectivity index (χ1v) is 22.1. The summed E-state index contributed by atoms with van der Waals surface area (Å²) in [6.45, 7) is 4.58. The van der Waals surface area contributed by atoms with Crippen molar-refractivity contribution in [1.82, 2.24) is 5.32 Å². The average molecular weight is 774 g/mol. The molecule has 0 bridgehead atoms. The van der Waals surface area contributed by atoms with Crippen molar-refractivity contribution >= 4 is 13.7 Å². The van der Waals surface area contributed by atoms with Crippen LogP contribution in [-0.2, 0) is 18.4 Å². The summed E-state index contributed by atoms with van der Waals surface area (Å²) in [5.74, 6) is -0.243. The third-order valence-electron chi connectivity index (χ3n) is 8.31. The number of carbonyl (C=O) groups excluding carboxylic acids is 1. The maximum absolute atomic E-state index is 12.8. The highest BCUT2D eigenvalue weighted by atomic mass is 31.2. The molecule has 0 saturated carbocycles. The molecule has 308 valence electrons. The van der Waals surface area contributed by atoms with Gasteiger partial charge < -0.3 is 19.8 Å². The maximum atomic E-state index is 12.8. The lowest BCUT2D eigenvalue weighted by molar-refractivity contribution is -0.870. The quantitative estimate of drug-likeness (QED) is 0.0256.